The number of hydrogen-bond acceptors (Lipinski definition) is 4. The molecule has 5 heteroatoms. The zero-order valence-electron chi connectivity index (χ0n) is 18.8. The van der Waals surface area contributed by atoms with Gasteiger partial charge in [-0.2, -0.15) is 0 Å². The van der Waals surface area contributed by atoms with Crippen LogP contribution in [0.1, 0.15) is 45.1 Å². The molecule has 0 unspecified atom stereocenters. The van der Waals surface area contributed by atoms with E-state index in [2.05, 4.69) is 12.2 Å². The normalized spacial score (nSPS) is 11.5. The first kappa shape index (κ1) is 22.5. The lowest BCUT2D eigenvalue weighted by Crippen LogP contribution is -2.22. The van der Waals surface area contributed by atoms with Gasteiger partial charge in [-0.25, -0.2) is 0 Å². The van der Waals surface area contributed by atoms with Crippen LogP contribution >= 0.6 is 0 Å². The predicted octanol–water partition coefficient (Wildman–Crippen LogP) is 6.22. The van der Waals surface area contributed by atoms with Crippen LogP contribution in [0, 0.1) is 0 Å². The van der Waals surface area contributed by atoms with Crippen LogP contribution in [0.2, 0.25) is 0 Å². The van der Waals surface area contributed by atoms with Crippen LogP contribution in [0.15, 0.2) is 53.2 Å². The van der Waals surface area contributed by atoms with Gasteiger partial charge in [0, 0.05) is 40.8 Å². The number of amides is 1. The van der Waals surface area contributed by atoms with E-state index in [0.717, 1.165) is 51.8 Å². The van der Waals surface area contributed by atoms with Crippen molar-refractivity contribution >= 4 is 22.4 Å². The van der Waals surface area contributed by atoms with Gasteiger partial charge in [0.25, 0.3) is 0 Å². The van der Waals surface area contributed by atoms with Crippen LogP contribution in [0.3, 0.4) is 0 Å². The van der Waals surface area contributed by atoms with Crippen molar-refractivity contribution in [2.24, 2.45) is 0 Å². The average Bonchev–Trinajstić information content (AvgIpc) is 3.20. The molecule has 0 radical (unpaired) electrons. The molecule has 1 N–H and O–H groups in total. The van der Waals surface area contributed by atoms with Gasteiger partial charge in [-0.15, -0.1) is 0 Å². The van der Waals surface area contributed by atoms with E-state index in [0.29, 0.717) is 12.3 Å². The van der Waals surface area contributed by atoms with E-state index in [1.165, 1.54) is 12.8 Å². The van der Waals surface area contributed by atoms with Crippen LogP contribution in [0.25, 0.3) is 27.7 Å². The Hall–Kier alpha value is -3.21. The zero-order chi connectivity index (χ0) is 22.2. The van der Waals surface area contributed by atoms with Crippen LogP contribution < -0.4 is 14.8 Å². The molecule has 3 rings (SSSR count). The first-order valence-electron chi connectivity index (χ1n) is 10.8. The Balaban J connectivity index is 1.92. The molecule has 0 bridgehead atoms. The molecule has 2 aromatic carbocycles. The number of unbranched alkanes of at least 4 members (excludes halogenated alkanes) is 3. The van der Waals surface area contributed by atoms with E-state index < -0.39 is 0 Å². The predicted molar refractivity (Wildman–Crippen MR) is 126 cm³/mol. The molecule has 31 heavy (non-hydrogen) atoms. The van der Waals surface area contributed by atoms with Gasteiger partial charge in [0.15, 0.2) is 0 Å². The van der Waals surface area contributed by atoms with Gasteiger partial charge in [0.2, 0.25) is 5.91 Å². The summed E-state index contributed by atoms with van der Waals surface area (Å²) in [5, 5.41) is 3.91. The maximum absolute atomic E-state index is 12.4. The molecule has 1 aromatic heterocycles. The summed E-state index contributed by atoms with van der Waals surface area (Å²) in [7, 11) is 3.28. The van der Waals surface area contributed by atoms with Crippen molar-refractivity contribution in [1.29, 1.82) is 0 Å². The Morgan fingerprint density at radius 2 is 1.81 bits per heavy atom. The largest absolute Gasteiger partial charge is 0.496 e. The van der Waals surface area contributed by atoms with Crippen molar-refractivity contribution in [3.8, 4) is 22.6 Å². The Morgan fingerprint density at radius 1 is 1.03 bits per heavy atom. The van der Waals surface area contributed by atoms with E-state index in [-0.39, 0.29) is 5.91 Å². The molecule has 0 aliphatic heterocycles. The summed E-state index contributed by atoms with van der Waals surface area (Å²) in [5.74, 6) is 1.35. The maximum Gasteiger partial charge on any atom is 0.244 e. The van der Waals surface area contributed by atoms with Gasteiger partial charge in [0.1, 0.15) is 17.1 Å². The van der Waals surface area contributed by atoms with Crippen molar-refractivity contribution in [2.75, 3.05) is 20.8 Å². The molecule has 0 fully saturated rings. The lowest BCUT2D eigenvalue weighted by atomic mass is 9.98. The van der Waals surface area contributed by atoms with Crippen molar-refractivity contribution in [2.45, 2.75) is 39.5 Å². The molecule has 164 valence electrons. The first-order valence-corrected chi connectivity index (χ1v) is 10.8. The fourth-order valence-corrected chi connectivity index (χ4v) is 3.70. The summed E-state index contributed by atoms with van der Waals surface area (Å²) in [5.41, 5.74) is 4.29. The lowest BCUT2D eigenvalue weighted by molar-refractivity contribution is -0.116. The number of benzene rings is 2. The van der Waals surface area contributed by atoms with Crippen LogP contribution in [-0.4, -0.2) is 26.7 Å². The lowest BCUT2D eigenvalue weighted by Gasteiger charge is -2.11. The van der Waals surface area contributed by atoms with E-state index in [1.54, 1.807) is 26.6 Å². The van der Waals surface area contributed by atoms with E-state index in [1.807, 2.05) is 43.3 Å². The molecular weight excluding hydrogens is 390 g/mol. The summed E-state index contributed by atoms with van der Waals surface area (Å²) in [6.45, 7) is 4.79. The summed E-state index contributed by atoms with van der Waals surface area (Å²) in [6, 6.07) is 11.7. The van der Waals surface area contributed by atoms with Crippen molar-refractivity contribution < 1.29 is 18.7 Å². The van der Waals surface area contributed by atoms with Gasteiger partial charge in [-0.05, 0) is 31.1 Å². The monoisotopic (exact) mass is 421 g/mol. The summed E-state index contributed by atoms with van der Waals surface area (Å²) < 4.78 is 16.9. The van der Waals surface area contributed by atoms with Gasteiger partial charge >= 0.3 is 0 Å². The highest BCUT2D eigenvalue weighted by atomic mass is 16.5. The minimum Gasteiger partial charge on any atom is -0.496 e. The molecule has 0 saturated heterocycles. The molecule has 0 aliphatic carbocycles. The number of carbonyl (C=O) groups is 1. The number of para-hydroxylation sites is 1. The fraction of sp³-hybridized carbons (Fsp3) is 0.346. The Morgan fingerprint density at radius 3 is 2.55 bits per heavy atom. The third kappa shape index (κ3) is 5.29. The van der Waals surface area contributed by atoms with Crippen molar-refractivity contribution in [3.05, 3.63) is 54.3 Å². The number of carbonyl (C=O) groups excluding carboxylic acids is 1. The highest BCUT2D eigenvalue weighted by Gasteiger charge is 2.16. The molecule has 0 aliphatic rings. The van der Waals surface area contributed by atoms with Gasteiger partial charge in [0.05, 0.1) is 20.5 Å². The third-order valence-corrected chi connectivity index (χ3v) is 5.39. The van der Waals surface area contributed by atoms with Crippen molar-refractivity contribution in [1.82, 2.24) is 5.32 Å². The molecule has 1 amide bonds. The second kappa shape index (κ2) is 10.7. The number of nitrogens with one attached hydrogen (secondary N) is 1. The zero-order valence-corrected chi connectivity index (χ0v) is 18.8. The van der Waals surface area contributed by atoms with Gasteiger partial charge < -0.3 is 19.2 Å². The van der Waals surface area contributed by atoms with Crippen LogP contribution in [0.5, 0.6) is 11.5 Å². The highest BCUT2D eigenvalue weighted by Crippen LogP contribution is 2.40. The van der Waals surface area contributed by atoms with Crippen LogP contribution in [-0.2, 0) is 4.79 Å². The topological polar surface area (TPSA) is 60.7 Å². The van der Waals surface area contributed by atoms with Crippen LogP contribution in [0.4, 0.5) is 0 Å². The number of fused-ring (bicyclic) bond motifs is 1. The quantitative estimate of drug-likeness (QED) is 0.312. The molecule has 3 aromatic rings. The summed E-state index contributed by atoms with van der Waals surface area (Å²) in [4.78, 5) is 12.4. The smallest absolute Gasteiger partial charge is 0.244 e. The van der Waals surface area contributed by atoms with E-state index >= 15 is 0 Å². The molecular formula is C26H31NO4. The highest BCUT2D eigenvalue weighted by molar-refractivity contribution is 6.01. The number of methoxy groups -OCH3 is 2. The van der Waals surface area contributed by atoms with E-state index in [4.69, 9.17) is 13.9 Å². The number of hydrogen-bond donors (Lipinski definition) is 1. The maximum atomic E-state index is 12.4. The summed E-state index contributed by atoms with van der Waals surface area (Å²) in [6.07, 6.45) is 7.87. The SMILES string of the molecule is CCCCCCNC(=O)/C=C(\C)c1cc2c(-c3ccccc3OC)coc2cc1OC. The minimum atomic E-state index is -0.0895. The van der Waals surface area contributed by atoms with Gasteiger partial charge in [-0.3, -0.25) is 4.79 Å². The summed E-state index contributed by atoms with van der Waals surface area (Å²) >= 11 is 0. The molecule has 0 atom stereocenters. The second-order valence-electron chi connectivity index (χ2n) is 7.58. The average molecular weight is 422 g/mol. The Labute approximate surface area is 184 Å². The molecule has 1 heterocycles. The number of rotatable bonds is 10. The first-order chi connectivity index (χ1) is 15.1. The molecule has 0 saturated carbocycles. The standard InChI is InChI=1S/C26H31NO4/c1-5-6-7-10-13-27-26(28)14-18(2)20-15-21-22(17-31-25(21)16-24(20)30-4)19-11-8-9-12-23(19)29-3/h8-9,11-12,14-17H,5-7,10,13H2,1-4H3,(H,27,28)/b18-14+. The Kier molecular flexibility index (Phi) is 7.76. The third-order valence-electron chi connectivity index (χ3n) is 5.39. The fourth-order valence-electron chi connectivity index (χ4n) is 3.70. The number of ether oxygens (including phenoxy) is 2. The molecule has 5 nitrogen and oxygen atoms in total. The number of furan rings is 1. The minimum absolute atomic E-state index is 0.0895. The second-order valence-corrected chi connectivity index (χ2v) is 7.58. The Bertz CT molecular complexity index is 1060. The van der Waals surface area contributed by atoms with Crippen molar-refractivity contribution in [3.63, 3.8) is 0 Å². The van der Waals surface area contributed by atoms with E-state index in [9.17, 15) is 4.79 Å². The number of allylic oxidation sites excluding steroid dienone is 1. The molecule has 0 spiro atoms. The van der Waals surface area contributed by atoms with Gasteiger partial charge in [-0.1, -0.05) is 44.4 Å².